The molecule has 2 heterocycles. The molecule has 1 N–H and O–H groups in total. The number of fused-ring (bicyclic) bond motifs is 1. The molecule has 0 spiro atoms. The van der Waals surface area contributed by atoms with Crippen LogP contribution in [0.1, 0.15) is 31.2 Å². The Morgan fingerprint density at radius 1 is 1.22 bits per heavy atom. The third-order valence-corrected chi connectivity index (χ3v) is 4.23. The fourth-order valence-corrected chi connectivity index (χ4v) is 2.95. The van der Waals surface area contributed by atoms with Crippen molar-refractivity contribution in [3.63, 3.8) is 0 Å². The van der Waals surface area contributed by atoms with Crippen LogP contribution in [0, 0.1) is 5.92 Å². The quantitative estimate of drug-likeness (QED) is 0.871. The van der Waals surface area contributed by atoms with Crippen LogP contribution in [0.15, 0.2) is 36.5 Å². The van der Waals surface area contributed by atoms with Crippen molar-refractivity contribution in [2.75, 3.05) is 13.1 Å². The van der Waals surface area contributed by atoms with E-state index < -0.39 is 0 Å². The van der Waals surface area contributed by atoms with Crippen molar-refractivity contribution in [3.8, 4) is 0 Å². The fourth-order valence-electron chi connectivity index (χ4n) is 2.95. The van der Waals surface area contributed by atoms with Gasteiger partial charge in [0, 0.05) is 11.6 Å². The molecule has 1 fully saturated rings. The van der Waals surface area contributed by atoms with Crippen LogP contribution in [0.4, 0.5) is 0 Å². The number of hydrogen-bond acceptors (Lipinski definition) is 2. The van der Waals surface area contributed by atoms with Crippen LogP contribution in [0.3, 0.4) is 0 Å². The Bertz CT molecular complexity index is 529. The van der Waals surface area contributed by atoms with Gasteiger partial charge >= 0.3 is 0 Å². The summed E-state index contributed by atoms with van der Waals surface area (Å²) in [4.78, 5) is 4.58. The molecule has 2 nitrogen and oxygen atoms in total. The van der Waals surface area contributed by atoms with Crippen LogP contribution in [-0.4, -0.2) is 18.1 Å². The molecule has 2 heteroatoms. The first-order valence-electron chi connectivity index (χ1n) is 6.90. The molecular formula is C16H20N2. The van der Waals surface area contributed by atoms with Gasteiger partial charge in [0.25, 0.3) is 0 Å². The lowest BCUT2D eigenvalue weighted by Gasteiger charge is -2.28. The average Bonchev–Trinajstić information content (AvgIpc) is 2.47. The number of benzene rings is 1. The van der Waals surface area contributed by atoms with Crippen LogP contribution in [0.5, 0.6) is 0 Å². The summed E-state index contributed by atoms with van der Waals surface area (Å²) in [7, 11) is 0. The molecule has 2 aromatic rings. The molecule has 1 aliphatic heterocycles. The van der Waals surface area contributed by atoms with Gasteiger partial charge in [0.05, 0.1) is 5.52 Å². The lowest BCUT2D eigenvalue weighted by Crippen LogP contribution is -2.30. The summed E-state index contributed by atoms with van der Waals surface area (Å²) in [5.41, 5.74) is 2.49. The number of hydrogen-bond donors (Lipinski definition) is 1. The van der Waals surface area contributed by atoms with Crippen LogP contribution < -0.4 is 5.32 Å². The Balaban J connectivity index is 1.88. The van der Waals surface area contributed by atoms with E-state index in [-0.39, 0.29) is 0 Å². The molecule has 1 atom stereocenters. The second-order valence-electron chi connectivity index (χ2n) is 5.34. The summed E-state index contributed by atoms with van der Waals surface area (Å²) in [6.45, 7) is 4.67. The van der Waals surface area contributed by atoms with Crippen molar-refractivity contribution in [3.05, 3.63) is 42.1 Å². The SMILES string of the molecule is CC(c1cnc2ccccc2c1)C1CCNCC1. The standard InChI is InChI=1S/C16H20N2/c1-12(13-6-8-17-9-7-13)15-10-14-4-2-3-5-16(14)18-11-15/h2-5,10-13,17H,6-9H2,1H3. The minimum Gasteiger partial charge on any atom is -0.317 e. The summed E-state index contributed by atoms with van der Waals surface area (Å²) >= 11 is 0. The van der Waals surface area contributed by atoms with Gasteiger partial charge in [-0.25, -0.2) is 0 Å². The molecule has 1 aliphatic rings. The van der Waals surface area contributed by atoms with Gasteiger partial charge in [0.1, 0.15) is 0 Å². The summed E-state index contributed by atoms with van der Waals surface area (Å²) in [6, 6.07) is 10.7. The molecule has 3 rings (SSSR count). The lowest BCUT2D eigenvalue weighted by molar-refractivity contribution is 0.330. The van der Waals surface area contributed by atoms with E-state index in [9.17, 15) is 0 Å². The fraction of sp³-hybridized carbons (Fsp3) is 0.438. The van der Waals surface area contributed by atoms with Crippen molar-refractivity contribution in [1.29, 1.82) is 0 Å². The van der Waals surface area contributed by atoms with E-state index in [0.717, 1.165) is 24.5 Å². The third kappa shape index (κ3) is 2.25. The van der Waals surface area contributed by atoms with Crippen LogP contribution in [0.25, 0.3) is 10.9 Å². The second-order valence-corrected chi connectivity index (χ2v) is 5.34. The highest BCUT2D eigenvalue weighted by molar-refractivity contribution is 5.78. The first kappa shape index (κ1) is 11.7. The van der Waals surface area contributed by atoms with Gasteiger partial charge in [0.15, 0.2) is 0 Å². The van der Waals surface area contributed by atoms with Crippen molar-refractivity contribution in [1.82, 2.24) is 10.3 Å². The maximum Gasteiger partial charge on any atom is 0.0702 e. The average molecular weight is 240 g/mol. The van der Waals surface area contributed by atoms with Crippen molar-refractivity contribution in [2.45, 2.75) is 25.7 Å². The predicted molar refractivity (Wildman–Crippen MR) is 75.8 cm³/mol. The van der Waals surface area contributed by atoms with Crippen LogP contribution in [0.2, 0.25) is 0 Å². The largest absolute Gasteiger partial charge is 0.317 e. The van der Waals surface area contributed by atoms with Gasteiger partial charge in [-0.3, -0.25) is 4.98 Å². The highest BCUT2D eigenvalue weighted by Gasteiger charge is 2.21. The summed E-state index contributed by atoms with van der Waals surface area (Å²) in [5, 5.41) is 4.70. The number of nitrogens with one attached hydrogen (secondary N) is 1. The molecule has 1 saturated heterocycles. The monoisotopic (exact) mass is 240 g/mol. The molecule has 1 aromatic carbocycles. The van der Waals surface area contributed by atoms with Crippen LogP contribution in [-0.2, 0) is 0 Å². The minimum atomic E-state index is 0.615. The molecule has 0 saturated carbocycles. The summed E-state index contributed by atoms with van der Waals surface area (Å²) < 4.78 is 0. The van der Waals surface area contributed by atoms with Gasteiger partial charge < -0.3 is 5.32 Å². The second kappa shape index (κ2) is 5.07. The van der Waals surface area contributed by atoms with E-state index in [1.165, 1.54) is 23.8 Å². The Hall–Kier alpha value is -1.41. The van der Waals surface area contributed by atoms with E-state index in [0.29, 0.717) is 5.92 Å². The molecule has 0 bridgehead atoms. The van der Waals surface area contributed by atoms with E-state index in [2.05, 4.69) is 47.7 Å². The Morgan fingerprint density at radius 2 is 2.00 bits per heavy atom. The number of pyridine rings is 1. The topological polar surface area (TPSA) is 24.9 Å². The molecule has 0 aliphatic carbocycles. The highest BCUT2D eigenvalue weighted by Crippen LogP contribution is 2.31. The number of rotatable bonds is 2. The zero-order valence-corrected chi connectivity index (χ0v) is 10.9. The number of aromatic nitrogens is 1. The van der Waals surface area contributed by atoms with Gasteiger partial charge in [0.2, 0.25) is 0 Å². The van der Waals surface area contributed by atoms with E-state index in [4.69, 9.17) is 0 Å². The Morgan fingerprint density at radius 3 is 2.83 bits per heavy atom. The van der Waals surface area contributed by atoms with Gasteiger partial charge in [-0.2, -0.15) is 0 Å². The maximum atomic E-state index is 4.58. The smallest absolute Gasteiger partial charge is 0.0702 e. The molecule has 1 unspecified atom stereocenters. The number of piperidine rings is 1. The molecular weight excluding hydrogens is 220 g/mol. The van der Waals surface area contributed by atoms with Gasteiger partial charge in [-0.15, -0.1) is 0 Å². The Kier molecular flexibility index (Phi) is 3.28. The minimum absolute atomic E-state index is 0.615. The van der Waals surface area contributed by atoms with Crippen LogP contribution >= 0.6 is 0 Å². The van der Waals surface area contributed by atoms with Crippen molar-refractivity contribution < 1.29 is 0 Å². The first-order chi connectivity index (χ1) is 8.84. The normalized spacial score (nSPS) is 18.9. The van der Waals surface area contributed by atoms with E-state index in [1.807, 2.05) is 6.07 Å². The number of nitrogens with zero attached hydrogens (tertiary/aromatic N) is 1. The maximum absolute atomic E-state index is 4.58. The zero-order valence-electron chi connectivity index (χ0n) is 10.9. The molecule has 18 heavy (non-hydrogen) atoms. The highest BCUT2D eigenvalue weighted by atomic mass is 14.9. The Labute approximate surface area is 108 Å². The summed E-state index contributed by atoms with van der Waals surface area (Å²) in [6.07, 6.45) is 4.64. The molecule has 0 radical (unpaired) electrons. The summed E-state index contributed by atoms with van der Waals surface area (Å²) in [5.74, 6) is 1.42. The first-order valence-corrected chi connectivity index (χ1v) is 6.90. The third-order valence-electron chi connectivity index (χ3n) is 4.23. The van der Waals surface area contributed by atoms with Crippen molar-refractivity contribution in [2.24, 2.45) is 5.92 Å². The van der Waals surface area contributed by atoms with Gasteiger partial charge in [-0.1, -0.05) is 25.1 Å². The number of para-hydroxylation sites is 1. The molecule has 94 valence electrons. The van der Waals surface area contributed by atoms with E-state index >= 15 is 0 Å². The molecule has 0 amide bonds. The predicted octanol–water partition coefficient (Wildman–Crippen LogP) is 3.34. The van der Waals surface area contributed by atoms with E-state index in [1.54, 1.807) is 0 Å². The van der Waals surface area contributed by atoms with Gasteiger partial charge in [-0.05, 0) is 55.5 Å². The lowest BCUT2D eigenvalue weighted by atomic mass is 9.82. The zero-order chi connectivity index (χ0) is 12.4. The molecule has 1 aromatic heterocycles. The van der Waals surface area contributed by atoms with Crippen molar-refractivity contribution >= 4 is 10.9 Å².